The minimum absolute atomic E-state index is 0.264. The zero-order chi connectivity index (χ0) is 9.26. The minimum atomic E-state index is -0.264. The van der Waals surface area contributed by atoms with Gasteiger partial charge in [-0.25, -0.2) is 0 Å². The molecule has 1 unspecified atom stereocenters. The smallest absolute Gasteiger partial charge is 0.0972 e. The van der Waals surface area contributed by atoms with Crippen LogP contribution in [0.25, 0.3) is 0 Å². The molecule has 2 N–H and O–H groups in total. The summed E-state index contributed by atoms with van der Waals surface area (Å²) in [6.07, 6.45) is 3.53. The van der Waals surface area contributed by atoms with Crippen molar-refractivity contribution in [3.63, 3.8) is 0 Å². The first kappa shape index (κ1) is 8.33. The Morgan fingerprint density at radius 3 is 2.92 bits per heavy atom. The van der Waals surface area contributed by atoms with E-state index in [1.54, 1.807) is 10.9 Å². The van der Waals surface area contributed by atoms with E-state index in [1.807, 2.05) is 19.3 Å². The van der Waals surface area contributed by atoms with Crippen LogP contribution in [0.4, 0.5) is 0 Å². The van der Waals surface area contributed by atoms with Crippen molar-refractivity contribution in [3.8, 4) is 0 Å². The number of rotatable bonds is 2. The van der Waals surface area contributed by atoms with E-state index in [0.717, 1.165) is 23.1 Å². The fraction of sp³-hybridized carbons (Fsp3) is 0.286. The van der Waals surface area contributed by atoms with Gasteiger partial charge in [0.2, 0.25) is 0 Å². The van der Waals surface area contributed by atoms with Crippen molar-refractivity contribution in [3.05, 3.63) is 29.8 Å². The van der Waals surface area contributed by atoms with E-state index in [4.69, 9.17) is 5.73 Å². The maximum Gasteiger partial charge on any atom is 0.0972 e. The van der Waals surface area contributed by atoms with Crippen LogP contribution in [0.5, 0.6) is 0 Å². The van der Waals surface area contributed by atoms with Crippen LogP contribution in [0.15, 0.2) is 18.5 Å². The van der Waals surface area contributed by atoms with Gasteiger partial charge in [0.15, 0.2) is 0 Å². The highest BCUT2D eigenvalue weighted by atomic mass is 32.1. The Labute approximate surface area is 79.5 Å². The van der Waals surface area contributed by atoms with Crippen LogP contribution >= 0.6 is 11.7 Å². The molecule has 68 valence electrons. The lowest BCUT2D eigenvalue weighted by Crippen LogP contribution is -2.13. The Kier molecular flexibility index (Phi) is 2.07. The highest BCUT2D eigenvalue weighted by Gasteiger charge is 2.13. The molecule has 0 aromatic carbocycles. The van der Waals surface area contributed by atoms with E-state index in [1.165, 1.54) is 0 Å². The van der Waals surface area contributed by atoms with Crippen LogP contribution < -0.4 is 5.73 Å². The molecule has 0 saturated carbocycles. The second-order valence-corrected chi connectivity index (χ2v) is 3.28. The van der Waals surface area contributed by atoms with Crippen molar-refractivity contribution in [1.82, 2.24) is 18.5 Å². The minimum Gasteiger partial charge on any atom is -0.318 e. The summed E-state index contributed by atoms with van der Waals surface area (Å²) in [5.41, 5.74) is 7.48. The summed E-state index contributed by atoms with van der Waals surface area (Å²) in [7, 11) is 1.86. The van der Waals surface area contributed by atoms with E-state index in [9.17, 15) is 0 Å². The molecule has 2 aromatic rings. The predicted octanol–water partition coefficient (Wildman–Crippen LogP) is 0.320. The molecule has 1 atom stereocenters. The molecule has 2 heterocycles. The molecule has 5 nitrogen and oxygen atoms in total. The first-order valence-electron chi connectivity index (χ1n) is 3.80. The fourth-order valence-corrected chi connectivity index (χ4v) is 1.52. The maximum atomic E-state index is 5.90. The summed E-state index contributed by atoms with van der Waals surface area (Å²) in [6, 6.07) is 1.62. The number of nitrogens with zero attached hydrogens (tertiary/aromatic N) is 4. The molecule has 6 heteroatoms. The molecule has 0 radical (unpaired) electrons. The van der Waals surface area contributed by atoms with E-state index in [-0.39, 0.29) is 6.04 Å². The molecule has 0 saturated heterocycles. The fourth-order valence-electron chi connectivity index (χ4n) is 1.06. The van der Waals surface area contributed by atoms with Crippen molar-refractivity contribution < 1.29 is 0 Å². The van der Waals surface area contributed by atoms with Crippen LogP contribution in [-0.2, 0) is 7.05 Å². The van der Waals surface area contributed by atoms with Crippen molar-refractivity contribution in [2.24, 2.45) is 12.8 Å². The topological polar surface area (TPSA) is 69.6 Å². The summed E-state index contributed by atoms with van der Waals surface area (Å²) in [5, 5.41) is 4.20. The van der Waals surface area contributed by atoms with E-state index >= 15 is 0 Å². The Hall–Kier alpha value is -1.27. The zero-order valence-electron chi connectivity index (χ0n) is 7.08. The third-order valence-electron chi connectivity index (χ3n) is 1.75. The molecule has 0 bridgehead atoms. The molecule has 2 aromatic heterocycles. The SMILES string of the molecule is Cn1ccc(C(N)c2cnsn2)n1. The molecule has 0 spiro atoms. The third kappa shape index (κ3) is 1.58. The van der Waals surface area contributed by atoms with Crippen molar-refractivity contribution in [2.45, 2.75) is 6.04 Å². The Morgan fingerprint density at radius 1 is 1.54 bits per heavy atom. The number of nitrogens with two attached hydrogens (primary N) is 1. The standard InChI is InChI=1S/C7H9N5S/c1-12-3-2-5(10-12)7(8)6-4-9-13-11-6/h2-4,7H,8H2,1H3. The number of aromatic nitrogens is 4. The van der Waals surface area contributed by atoms with Gasteiger partial charge < -0.3 is 5.73 Å². The lowest BCUT2D eigenvalue weighted by molar-refractivity contribution is 0.710. The molecule has 2 rings (SSSR count). The van der Waals surface area contributed by atoms with Crippen LogP contribution in [0.1, 0.15) is 17.4 Å². The lowest BCUT2D eigenvalue weighted by atomic mass is 10.2. The van der Waals surface area contributed by atoms with Gasteiger partial charge in [-0.3, -0.25) is 4.68 Å². The van der Waals surface area contributed by atoms with Gasteiger partial charge in [-0.05, 0) is 6.07 Å². The summed E-state index contributed by atoms with van der Waals surface area (Å²) >= 11 is 1.15. The first-order chi connectivity index (χ1) is 6.27. The molecular weight excluding hydrogens is 186 g/mol. The monoisotopic (exact) mass is 195 g/mol. The Bertz CT molecular complexity index is 379. The van der Waals surface area contributed by atoms with Crippen molar-refractivity contribution >= 4 is 11.7 Å². The average molecular weight is 195 g/mol. The molecule has 0 amide bonds. The average Bonchev–Trinajstić information content (AvgIpc) is 2.72. The van der Waals surface area contributed by atoms with Gasteiger partial charge in [0.25, 0.3) is 0 Å². The zero-order valence-corrected chi connectivity index (χ0v) is 7.90. The Morgan fingerprint density at radius 2 is 2.38 bits per heavy atom. The molecule has 0 fully saturated rings. The molecule has 0 aliphatic rings. The highest BCUT2D eigenvalue weighted by molar-refractivity contribution is 6.99. The molecule has 0 aliphatic carbocycles. The number of hydrogen-bond acceptors (Lipinski definition) is 5. The van der Waals surface area contributed by atoms with E-state index in [0.29, 0.717) is 0 Å². The van der Waals surface area contributed by atoms with Gasteiger partial charge in [-0.2, -0.15) is 13.8 Å². The molecule has 13 heavy (non-hydrogen) atoms. The maximum absolute atomic E-state index is 5.90. The Balaban J connectivity index is 2.28. The quantitative estimate of drug-likeness (QED) is 0.749. The second kappa shape index (κ2) is 3.23. The van der Waals surface area contributed by atoms with Crippen LogP contribution in [0, 0.1) is 0 Å². The normalized spacial score (nSPS) is 13.1. The van der Waals surface area contributed by atoms with Crippen LogP contribution in [0.3, 0.4) is 0 Å². The highest BCUT2D eigenvalue weighted by Crippen LogP contribution is 2.14. The third-order valence-corrected chi connectivity index (χ3v) is 2.24. The molecular formula is C7H9N5S. The summed E-state index contributed by atoms with van der Waals surface area (Å²) < 4.78 is 9.67. The van der Waals surface area contributed by atoms with Gasteiger partial charge in [-0.1, -0.05) is 0 Å². The van der Waals surface area contributed by atoms with Crippen LogP contribution in [0.2, 0.25) is 0 Å². The summed E-state index contributed by atoms with van der Waals surface area (Å²) in [6.45, 7) is 0. The summed E-state index contributed by atoms with van der Waals surface area (Å²) in [4.78, 5) is 0. The first-order valence-corrected chi connectivity index (χ1v) is 4.53. The second-order valence-electron chi connectivity index (χ2n) is 2.72. The number of hydrogen-bond donors (Lipinski definition) is 1. The van der Waals surface area contributed by atoms with Gasteiger partial charge in [0, 0.05) is 13.2 Å². The van der Waals surface area contributed by atoms with Crippen LogP contribution in [-0.4, -0.2) is 18.5 Å². The lowest BCUT2D eigenvalue weighted by Gasteiger charge is -2.02. The van der Waals surface area contributed by atoms with Gasteiger partial charge in [-0.15, -0.1) is 0 Å². The predicted molar refractivity (Wildman–Crippen MR) is 49.1 cm³/mol. The van der Waals surface area contributed by atoms with Gasteiger partial charge in [0.1, 0.15) is 0 Å². The molecule has 0 aliphatic heterocycles. The van der Waals surface area contributed by atoms with Gasteiger partial charge in [0.05, 0.1) is 35.4 Å². The summed E-state index contributed by atoms with van der Waals surface area (Å²) in [5.74, 6) is 0. The van der Waals surface area contributed by atoms with E-state index < -0.39 is 0 Å². The van der Waals surface area contributed by atoms with Crippen molar-refractivity contribution in [2.75, 3.05) is 0 Å². The van der Waals surface area contributed by atoms with Gasteiger partial charge >= 0.3 is 0 Å². The van der Waals surface area contributed by atoms with Crippen molar-refractivity contribution in [1.29, 1.82) is 0 Å². The number of aryl methyl sites for hydroxylation is 1. The van der Waals surface area contributed by atoms with E-state index in [2.05, 4.69) is 13.8 Å². The largest absolute Gasteiger partial charge is 0.318 e.